The van der Waals surface area contributed by atoms with Crippen LogP contribution in [0.25, 0.3) is 11.2 Å². The Labute approximate surface area is 104 Å². The van der Waals surface area contributed by atoms with Gasteiger partial charge < -0.3 is 4.98 Å². The predicted molar refractivity (Wildman–Crippen MR) is 61.0 cm³/mol. The van der Waals surface area contributed by atoms with Crippen LogP contribution >= 0.6 is 0 Å². The highest BCUT2D eigenvalue weighted by Crippen LogP contribution is 2.27. The highest BCUT2D eigenvalue weighted by atomic mass is 19.4. The summed E-state index contributed by atoms with van der Waals surface area (Å²) >= 11 is 0. The van der Waals surface area contributed by atoms with Crippen LogP contribution in [0.1, 0.15) is 19.7 Å². The van der Waals surface area contributed by atoms with Crippen molar-refractivity contribution >= 4 is 11.2 Å². The second-order valence-corrected chi connectivity index (χ2v) is 3.86. The second-order valence-electron chi connectivity index (χ2n) is 3.86. The number of H-pyrrole nitrogens is 1. The molecule has 0 amide bonds. The van der Waals surface area contributed by atoms with E-state index in [-0.39, 0.29) is 24.3 Å². The first-order valence-corrected chi connectivity index (χ1v) is 5.61. The lowest BCUT2D eigenvalue weighted by Crippen LogP contribution is -2.39. The number of hydrogen-bond acceptors (Lipinski definition) is 3. The summed E-state index contributed by atoms with van der Waals surface area (Å²) < 4.78 is 39.7. The van der Waals surface area contributed by atoms with E-state index in [9.17, 15) is 22.8 Å². The van der Waals surface area contributed by atoms with E-state index >= 15 is 0 Å². The molecule has 104 valence electrons. The Morgan fingerprint density at radius 3 is 2.21 bits per heavy atom. The minimum atomic E-state index is -4.70. The molecular formula is C10H11F3N4O2. The Hall–Kier alpha value is -2.06. The molecule has 0 radical (unpaired) electrons. The average molecular weight is 276 g/mol. The Morgan fingerprint density at radius 2 is 1.74 bits per heavy atom. The summed E-state index contributed by atoms with van der Waals surface area (Å²) in [5.41, 5.74) is -2.04. The lowest BCUT2D eigenvalue weighted by molar-refractivity contribution is -0.144. The van der Waals surface area contributed by atoms with Crippen molar-refractivity contribution in [3.8, 4) is 0 Å². The predicted octanol–water partition coefficient (Wildman–Crippen LogP) is 0.945. The molecule has 0 aliphatic rings. The van der Waals surface area contributed by atoms with Crippen LogP contribution in [0.5, 0.6) is 0 Å². The third-order valence-corrected chi connectivity index (χ3v) is 2.76. The van der Waals surface area contributed by atoms with Gasteiger partial charge in [-0.3, -0.25) is 13.9 Å². The Bertz CT molecular complexity index is 738. The molecule has 9 heteroatoms. The molecule has 0 aromatic carbocycles. The first-order valence-electron chi connectivity index (χ1n) is 5.61. The third-order valence-electron chi connectivity index (χ3n) is 2.76. The maximum atomic E-state index is 12.6. The summed E-state index contributed by atoms with van der Waals surface area (Å²) in [4.78, 5) is 29.1. The topological polar surface area (TPSA) is 72.7 Å². The van der Waals surface area contributed by atoms with Crippen molar-refractivity contribution in [1.82, 2.24) is 19.1 Å². The molecule has 0 unspecified atom stereocenters. The molecule has 0 atom stereocenters. The van der Waals surface area contributed by atoms with Gasteiger partial charge in [-0.25, -0.2) is 9.78 Å². The molecule has 0 spiro atoms. The van der Waals surface area contributed by atoms with Crippen LogP contribution in [-0.4, -0.2) is 19.1 Å². The van der Waals surface area contributed by atoms with Crippen molar-refractivity contribution in [2.45, 2.75) is 33.1 Å². The van der Waals surface area contributed by atoms with Gasteiger partial charge in [0.05, 0.1) is 0 Å². The summed E-state index contributed by atoms with van der Waals surface area (Å²) in [6.45, 7) is 3.36. The number of nitrogens with one attached hydrogen (secondary N) is 1. The number of nitrogens with zero attached hydrogens (tertiary/aromatic N) is 3. The van der Waals surface area contributed by atoms with Crippen LogP contribution < -0.4 is 11.2 Å². The van der Waals surface area contributed by atoms with E-state index in [4.69, 9.17) is 0 Å². The normalized spacial score (nSPS) is 12.3. The van der Waals surface area contributed by atoms with Gasteiger partial charge in [-0.15, -0.1) is 0 Å². The minimum absolute atomic E-state index is 0.0774. The summed E-state index contributed by atoms with van der Waals surface area (Å²) in [5.74, 6) is -1.28. The van der Waals surface area contributed by atoms with Gasteiger partial charge in [-0.05, 0) is 13.8 Å². The molecule has 2 rings (SSSR count). The number of aryl methyl sites for hydroxylation is 1. The molecule has 1 N–H and O–H groups in total. The number of alkyl halides is 3. The number of halogens is 3. The maximum Gasteiger partial charge on any atom is 0.449 e. The minimum Gasteiger partial charge on any atom is -0.328 e. The van der Waals surface area contributed by atoms with Gasteiger partial charge in [-0.2, -0.15) is 13.2 Å². The lowest BCUT2D eigenvalue weighted by atomic mass is 10.5. The summed E-state index contributed by atoms with van der Waals surface area (Å²) in [5, 5.41) is 0. The zero-order chi connectivity index (χ0) is 14.4. The average Bonchev–Trinajstić information content (AvgIpc) is 2.75. The van der Waals surface area contributed by atoms with E-state index in [2.05, 4.69) is 4.98 Å². The Morgan fingerprint density at radius 1 is 1.16 bits per heavy atom. The van der Waals surface area contributed by atoms with E-state index in [1.165, 1.54) is 0 Å². The smallest absolute Gasteiger partial charge is 0.328 e. The highest BCUT2D eigenvalue weighted by Gasteiger charge is 2.36. The lowest BCUT2D eigenvalue weighted by Gasteiger charge is -2.06. The van der Waals surface area contributed by atoms with Crippen molar-refractivity contribution in [3.05, 3.63) is 26.7 Å². The number of aromatic nitrogens is 4. The van der Waals surface area contributed by atoms with Crippen molar-refractivity contribution < 1.29 is 13.2 Å². The number of fused-ring (bicyclic) bond motifs is 1. The van der Waals surface area contributed by atoms with Crippen LogP contribution in [0.3, 0.4) is 0 Å². The van der Waals surface area contributed by atoms with Gasteiger partial charge in [0.25, 0.3) is 5.56 Å². The summed E-state index contributed by atoms with van der Waals surface area (Å²) in [6, 6.07) is 0. The zero-order valence-corrected chi connectivity index (χ0v) is 10.2. The summed E-state index contributed by atoms with van der Waals surface area (Å²) in [7, 11) is 0. The van der Waals surface area contributed by atoms with Crippen LogP contribution in [0.2, 0.25) is 0 Å². The van der Waals surface area contributed by atoms with Gasteiger partial charge >= 0.3 is 11.9 Å². The van der Waals surface area contributed by atoms with Crippen LogP contribution in [0.4, 0.5) is 13.2 Å². The number of imidazole rings is 1. The second kappa shape index (κ2) is 4.25. The Balaban J connectivity index is 2.96. The number of aromatic amines is 1. The van der Waals surface area contributed by atoms with E-state index in [1.807, 2.05) is 4.98 Å². The molecule has 6 nitrogen and oxygen atoms in total. The van der Waals surface area contributed by atoms with Crippen molar-refractivity contribution in [2.24, 2.45) is 0 Å². The molecule has 0 fully saturated rings. The highest BCUT2D eigenvalue weighted by molar-refractivity contribution is 5.70. The quantitative estimate of drug-likeness (QED) is 0.887. The molecule has 0 saturated carbocycles. The SMILES string of the molecule is CCn1c(=O)c2[nH]c(C(F)(F)F)nc2n(CC)c1=O. The molecule has 2 heterocycles. The van der Waals surface area contributed by atoms with Gasteiger partial charge in [-0.1, -0.05) is 0 Å². The van der Waals surface area contributed by atoms with Crippen molar-refractivity contribution in [1.29, 1.82) is 0 Å². The van der Waals surface area contributed by atoms with E-state index < -0.39 is 23.2 Å². The molecule has 19 heavy (non-hydrogen) atoms. The molecule has 2 aromatic rings. The van der Waals surface area contributed by atoms with Crippen molar-refractivity contribution in [2.75, 3.05) is 0 Å². The number of hydrogen-bond donors (Lipinski definition) is 1. The molecule has 0 aliphatic carbocycles. The molecule has 0 saturated heterocycles. The third kappa shape index (κ3) is 1.94. The summed E-state index contributed by atoms with van der Waals surface area (Å²) in [6.07, 6.45) is -4.70. The van der Waals surface area contributed by atoms with Crippen LogP contribution in [-0.2, 0) is 19.3 Å². The van der Waals surface area contributed by atoms with Crippen LogP contribution in [0.15, 0.2) is 9.59 Å². The van der Waals surface area contributed by atoms with Gasteiger partial charge in [0.15, 0.2) is 5.65 Å². The fourth-order valence-electron chi connectivity index (χ4n) is 1.86. The monoisotopic (exact) mass is 276 g/mol. The van der Waals surface area contributed by atoms with Gasteiger partial charge in [0.2, 0.25) is 5.82 Å². The molecular weight excluding hydrogens is 265 g/mol. The Kier molecular flexibility index (Phi) is 2.99. The standard InChI is InChI=1S/C10H11F3N4O2/c1-3-16-6-5(7(18)17(4-2)9(16)19)14-8(15-6)10(11,12)13/h3-4H2,1-2H3,(H,14,15). The first kappa shape index (κ1) is 13.4. The fraction of sp³-hybridized carbons (Fsp3) is 0.500. The number of rotatable bonds is 2. The first-order chi connectivity index (χ1) is 8.81. The van der Waals surface area contributed by atoms with E-state index in [0.717, 1.165) is 9.13 Å². The molecule has 2 aromatic heterocycles. The van der Waals surface area contributed by atoms with E-state index in [1.54, 1.807) is 13.8 Å². The van der Waals surface area contributed by atoms with Gasteiger partial charge in [0.1, 0.15) is 5.52 Å². The fourth-order valence-corrected chi connectivity index (χ4v) is 1.86. The van der Waals surface area contributed by atoms with Gasteiger partial charge in [0, 0.05) is 13.1 Å². The molecule has 0 bridgehead atoms. The largest absolute Gasteiger partial charge is 0.449 e. The maximum absolute atomic E-state index is 12.6. The van der Waals surface area contributed by atoms with E-state index in [0.29, 0.717) is 0 Å². The zero-order valence-electron chi connectivity index (χ0n) is 10.2. The van der Waals surface area contributed by atoms with Crippen LogP contribution in [0, 0.1) is 0 Å². The molecule has 0 aliphatic heterocycles. The van der Waals surface area contributed by atoms with Crippen molar-refractivity contribution in [3.63, 3.8) is 0 Å².